The molecule has 0 unspecified atom stereocenters. The summed E-state index contributed by atoms with van der Waals surface area (Å²) >= 11 is 0. The second kappa shape index (κ2) is 9.64. The average molecular weight is 469 g/mol. The highest BCUT2D eigenvalue weighted by atomic mass is 19.4. The number of nitrogens with zero attached hydrogens (tertiary/aromatic N) is 5. The van der Waals surface area contributed by atoms with E-state index in [4.69, 9.17) is 0 Å². The normalized spacial score (nSPS) is 16.1. The average Bonchev–Trinajstić information content (AvgIpc) is 3.20. The third-order valence-electron chi connectivity index (χ3n) is 6.45. The second-order valence-electron chi connectivity index (χ2n) is 8.57. The van der Waals surface area contributed by atoms with Crippen molar-refractivity contribution in [3.8, 4) is 0 Å². The van der Waals surface area contributed by atoms with Crippen molar-refractivity contribution in [3.05, 3.63) is 22.8 Å². The van der Waals surface area contributed by atoms with Crippen molar-refractivity contribution >= 4 is 17.6 Å². The number of nitrogens with one attached hydrogen (secondary N) is 1. The van der Waals surface area contributed by atoms with Gasteiger partial charge in [0.05, 0.1) is 0 Å². The summed E-state index contributed by atoms with van der Waals surface area (Å²) in [5.74, 6) is -1.68. The van der Waals surface area contributed by atoms with Gasteiger partial charge in [-0.25, -0.2) is 9.50 Å². The molecule has 1 saturated carbocycles. The number of amides is 2. The Hall–Kier alpha value is -2.72. The third kappa shape index (κ3) is 5.11. The highest BCUT2D eigenvalue weighted by Crippen LogP contribution is 2.31. The highest BCUT2D eigenvalue weighted by Gasteiger charge is 2.42. The minimum absolute atomic E-state index is 0.0432. The molecule has 0 bridgehead atoms. The molecule has 0 spiro atoms. The molecule has 0 aliphatic heterocycles. The number of rotatable bonds is 7. The number of aromatic nitrogens is 4. The zero-order valence-corrected chi connectivity index (χ0v) is 19.6. The van der Waals surface area contributed by atoms with Crippen molar-refractivity contribution in [1.29, 1.82) is 0 Å². The van der Waals surface area contributed by atoms with Gasteiger partial charge in [0.1, 0.15) is 5.54 Å². The molecule has 0 saturated heterocycles. The molecular formula is C22H31F3N6O2. The molecule has 2 heterocycles. The van der Waals surface area contributed by atoms with Gasteiger partial charge in [0.25, 0.3) is 11.6 Å². The Bertz CT molecular complexity index is 1020. The Kier molecular flexibility index (Phi) is 7.28. The molecule has 11 heteroatoms. The summed E-state index contributed by atoms with van der Waals surface area (Å²) in [4.78, 5) is 35.5. The molecule has 8 nitrogen and oxygen atoms in total. The van der Waals surface area contributed by atoms with Gasteiger partial charge in [0.2, 0.25) is 11.8 Å². The molecule has 1 aliphatic carbocycles. The zero-order chi connectivity index (χ0) is 24.4. The second-order valence-corrected chi connectivity index (χ2v) is 8.57. The van der Waals surface area contributed by atoms with Gasteiger partial charge in [0, 0.05) is 30.9 Å². The van der Waals surface area contributed by atoms with E-state index in [1.54, 1.807) is 18.7 Å². The molecule has 2 amide bonds. The lowest BCUT2D eigenvalue weighted by Crippen LogP contribution is -2.60. The highest BCUT2D eigenvalue weighted by molar-refractivity contribution is 5.91. The molecule has 182 valence electrons. The number of carbonyl (C=O) groups excluding carboxylic acids is 2. The molecule has 0 radical (unpaired) electrons. The van der Waals surface area contributed by atoms with E-state index < -0.39 is 17.5 Å². The monoisotopic (exact) mass is 468 g/mol. The lowest BCUT2D eigenvalue weighted by atomic mass is 9.80. The summed E-state index contributed by atoms with van der Waals surface area (Å²) in [6, 6.07) is 0. The molecule has 2 aromatic rings. The van der Waals surface area contributed by atoms with Gasteiger partial charge in [-0.05, 0) is 52.5 Å². The Morgan fingerprint density at radius 3 is 2.30 bits per heavy atom. The summed E-state index contributed by atoms with van der Waals surface area (Å²) in [6.07, 6.45) is -0.311. The minimum atomic E-state index is -4.67. The predicted molar refractivity (Wildman–Crippen MR) is 115 cm³/mol. The Morgan fingerprint density at radius 1 is 1.09 bits per heavy atom. The maximum atomic E-state index is 13.2. The number of hydrogen-bond acceptors (Lipinski definition) is 5. The molecule has 1 N–H and O–H groups in total. The van der Waals surface area contributed by atoms with Crippen LogP contribution in [0.5, 0.6) is 0 Å². The molecule has 33 heavy (non-hydrogen) atoms. The molecule has 0 aromatic carbocycles. The smallest absolute Gasteiger partial charge is 0.342 e. The zero-order valence-electron chi connectivity index (χ0n) is 19.6. The van der Waals surface area contributed by atoms with Crippen LogP contribution in [0.2, 0.25) is 0 Å². The number of hydrogen-bond donors (Lipinski definition) is 1. The van der Waals surface area contributed by atoms with Crippen molar-refractivity contribution in [2.24, 2.45) is 0 Å². The molecule has 0 atom stereocenters. The minimum Gasteiger partial charge on any atom is -0.342 e. The van der Waals surface area contributed by atoms with Gasteiger partial charge in [-0.1, -0.05) is 19.3 Å². The first-order valence-electron chi connectivity index (χ1n) is 11.4. The summed E-state index contributed by atoms with van der Waals surface area (Å²) in [7, 11) is 0. The van der Waals surface area contributed by atoms with Crippen LogP contribution in [0.1, 0.15) is 75.1 Å². The van der Waals surface area contributed by atoms with Crippen LogP contribution in [0.4, 0.5) is 13.2 Å². The van der Waals surface area contributed by atoms with Gasteiger partial charge in [-0.2, -0.15) is 18.2 Å². The summed E-state index contributed by atoms with van der Waals surface area (Å²) in [6.45, 7) is 8.31. The maximum Gasteiger partial charge on any atom is 0.453 e. The van der Waals surface area contributed by atoms with E-state index in [0.717, 1.165) is 23.8 Å². The molecular weight excluding hydrogens is 437 g/mol. The van der Waals surface area contributed by atoms with Gasteiger partial charge in [-0.3, -0.25) is 9.59 Å². The predicted octanol–water partition coefficient (Wildman–Crippen LogP) is 3.38. The number of likely N-dealkylation sites (N-methyl/N-ethyl adjacent to an activating group) is 1. The molecule has 1 fully saturated rings. The van der Waals surface area contributed by atoms with Crippen LogP contribution < -0.4 is 5.32 Å². The van der Waals surface area contributed by atoms with Crippen molar-refractivity contribution in [2.45, 2.75) is 84.4 Å². The summed E-state index contributed by atoms with van der Waals surface area (Å²) < 4.78 is 40.0. The number of halogens is 3. The van der Waals surface area contributed by atoms with Crippen LogP contribution in [0, 0.1) is 13.8 Å². The quantitative estimate of drug-likeness (QED) is 0.673. The first-order valence-corrected chi connectivity index (χ1v) is 11.4. The van der Waals surface area contributed by atoms with Crippen molar-refractivity contribution in [1.82, 2.24) is 29.8 Å². The summed E-state index contributed by atoms with van der Waals surface area (Å²) in [5.41, 5.74) is 0.714. The summed E-state index contributed by atoms with van der Waals surface area (Å²) in [5, 5.41) is 6.56. The fourth-order valence-corrected chi connectivity index (χ4v) is 4.62. The number of carbonyl (C=O) groups is 2. The maximum absolute atomic E-state index is 13.2. The van der Waals surface area contributed by atoms with Crippen LogP contribution >= 0.6 is 0 Å². The Labute approximate surface area is 191 Å². The molecule has 1 aliphatic rings. The van der Waals surface area contributed by atoms with Crippen LogP contribution in [-0.4, -0.2) is 54.9 Å². The van der Waals surface area contributed by atoms with Crippen LogP contribution in [0.25, 0.3) is 5.78 Å². The van der Waals surface area contributed by atoms with E-state index in [0.29, 0.717) is 42.9 Å². The first kappa shape index (κ1) is 24.9. The Morgan fingerprint density at radius 2 is 1.73 bits per heavy atom. The van der Waals surface area contributed by atoms with Gasteiger partial charge < -0.3 is 10.2 Å². The van der Waals surface area contributed by atoms with Crippen molar-refractivity contribution < 1.29 is 22.8 Å². The van der Waals surface area contributed by atoms with Crippen LogP contribution in [-0.2, 0) is 22.2 Å². The van der Waals surface area contributed by atoms with E-state index in [1.165, 1.54) is 0 Å². The van der Waals surface area contributed by atoms with E-state index in [2.05, 4.69) is 20.4 Å². The standard InChI is InChI=1S/C22H31F3N6O2/c1-5-30(6-2)19(33)21(12-8-7-9-13-21)28-17(32)11-10-16-14(3)26-20-27-18(22(23,24)25)29-31(20)15(16)4/h5-13H2,1-4H3,(H,28,32). The number of alkyl halides is 3. The van der Waals surface area contributed by atoms with Gasteiger partial charge >= 0.3 is 6.18 Å². The molecule has 2 aromatic heterocycles. The van der Waals surface area contributed by atoms with E-state index in [1.807, 2.05) is 13.8 Å². The largest absolute Gasteiger partial charge is 0.453 e. The van der Waals surface area contributed by atoms with Crippen molar-refractivity contribution in [3.63, 3.8) is 0 Å². The van der Waals surface area contributed by atoms with E-state index in [9.17, 15) is 22.8 Å². The molecule has 3 rings (SSSR count). The fourth-order valence-electron chi connectivity index (χ4n) is 4.62. The Balaban J connectivity index is 1.78. The van der Waals surface area contributed by atoms with E-state index >= 15 is 0 Å². The number of aryl methyl sites for hydroxylation is 2. The number of fused-ring (bicyclic) bond motifs is 1. The van der Waals surface area contributed by atoms with E-state index in [-0.39, 0.29) is 30.4 Å². The van der Waals surface area contributed by atoms with Crippen LogP contribution in [0.3, 0.4) is 0 Å². The topological polar surface area (TPSA) is 92.5 Å². The lowest BCUT2D eigenvalue weighted by Gasteiger charge is -2.40. The van der Waals surface area contributed by atoms with Gasteiger partial charge in [-0.15, -0.1) is 5.10 Å². The SMILES string of the molecule is CCN(CC)C(=O)C1(NC(=O)CCc2c(C)nc3nc(C(F)(F)F)nn3c2C)CCCCC1. The fraction of sp³-hybridized carbons (Fsp3) is 0.682. The van der Waals surface area contributed by atoms with Crippen molar-refractivity contribution in [2.75, 3.05) is 13.1 Å². The van der Waals surface area contributed by atoms with Gasteiger partial charge in [0.15, 0.2) is 0 Å². The first-order chi connectivity index (χ1) is 15.5. The lowest BCUT2D eigenvalue weighted by molar-refractivity contribution is -0.144. The van der Waals surface area contributed by atoms with Crippen LogP contribution in [0.15, 0.2) is 0 Å². The third-order valence-corrected chi connectivity index (χ3v) is 6.45.